The number of fused-ring (bicyclic) bond motifs is 4. The van der Waals surface area contributed by atoms with E-state index in [0.29, 0.717) is 12.8 Å². The summed E-state index contributed by atoms with van der Waals surface area (Å²) in [6, 6.07) is 14.8. The van der Waals surface area contributed by atoms with Crippen LogP contribution in [0.1, 0.15) is 43.2 Å². The molecule has 132 valence electrons. The summed E-state index contributed by atoms with van der Waals surface area (Å²) in [7, 11) is -3.77. The normalized spacial score (nSPS) is 28.1. The molecule has 5 heteroatoms. The molecule has 3 atom stereocenters. The van der Waals surface area contributed by atoms with Gasteiger partial charge in [0.05, 0.1) is 11.0 Å². The van der Waals surface area contributed by atoms with Gasteiger partial charge in [0.25, 0.3) is 10.1 Å². The Hall–Kier alpha value is -1.85. The third kappa shape index (κ3) is 3.18. The lowest BCUT2D eigenvalue weighted by atomic mass is 9.72. The van der Waals surface area contributed by atoms with E-state index < -0.39 is 10.1 Å². The van der Waals surface area contributed by atoms with E-state index in [1.54, 1.807) is 24.3 Å². The number of hydrogen-bond donors (Lipinski definition) is 0. The van der Waals surface area contributed by atoms with Crippen molar-refractivity contribution >= 4 is 10.1 Å². The molecule has 0 radical (unpaired) electrons. The molecule has 1 aliphatic heterocycles. The van der Waals surface area contributed by atoms with Gasteiger partial charge in [-0.2, -0.15) is 8.42 Å². The van der Waals surface area contributed by atoms with Crippen LogP contribution in [-0.4, -0.2) is 20.1 Å². The molecule has 1 saturated carbocycles. The summed E-state index contributed by atoms with van der Waals surface area (Å²) in [6.45, 7) is 3.97. The van der Waals surface area contributed by atoms with Crippen LogP contribution in [0, 0.1) is 6.92 Å². The van der Waals surface area contributed by atoms with Crippen molar-refractivity contribution in [3.63, 3.8) is 0 Å². The first-order valence-corrected chi connectivity index (χ1v) is 10.0. The minimum atomic E-state index is -3.77. The number of para-hydroxylation sites is 1. The molecule has 1 heterocycles. The Bertz CT molecular complexity index is 888. The van der Waals surface area contributed by atoms with Crippen LogP contribution in [0.2, 0.25) is 0 Å². The van der Waals surface area contributed by atoms with Crippen LogP contribution in [0.5, 0.6) is 5.75 Å². The van der Waals surface area contributed by atoms with Crippen molar-refractivity contribution in [3.8, 4) is 5.75 Å². The van der Waals surface area contributed by atoms with E-state index >= 15 is 0 Å². The quantitative estimate of drug-likeness (QED) is 0.772. The second kappa shape index (κ2) is 5.85. The molecule has 2 aromatic rings. The fraction of sp³-hybridized carbons (Fsp3) is 0.400. The summed E-state index contributed by atoms with van der Waals surface area (Å²) in [5, 5.41) is 0. The summed E-state index contributed by atoms with van der Waals surface area (Å²) in [4.78, 5) is 0.209. The van der Waals surface area contributed by atoms with E-state index in [1.165, 1.54) is 0 Å². The van der Waals surface area contributed by atoms with Gasteiger partial charge in [0.1, 0.15) is 11.4 Å². The van der Waals surface area contributed by atoms with Gasteiger partial charge in [-0.1, -0.05) is 35.9 Å². The topological polar surface area (TPSA) is 52.6 Å². The van der Waals surface area contributed by atoms with Gasteiger partial charge in [-0.3, -0.25) is 4.18 Å². The van der Waals surface area contributed by atoms with Gasteiger partial charge < -0.3 is 4.74 Å². The molecule has 2 bridgehead atoms. The second-order valence-electron chi connectivity index (χ2n) is 7.42. The zero-order valence-electron chi connectivity index (χ0n) is 14.4. The van der Waals surface area contributed by atoms with Crippen LogP contribution in [0.25, 0.3) is 0 Å². The maximum atomic E-state index is 12.6. The van der Waals surface area contributed by atoms with Crippen molar-refractivity contribution < 1.29 is 17.3 Å². The first-order chi connectivity index (χ1) is 11.8. The maximum Gasteiger partial charge on any atom is 0.297 e. The van der Waals surface area contributed by atoms with Gasteiger partial charge in [-0.15, -0.1) is 0 Å². The highest BCUT2D eigenvalue weighted by molar-refractivity contribution is 7.86. The Balaban J connectivity index is 1.58. The summed E-state index contributed by atoms with van der Waals surface area (Å²) >= 11 is 0. The summed E-state index contributed by atoms with van der Waals surface area (Å²) in [5.41, 5.74) is 1.79. The van der Waals surface area contributed by atoms with E-state index in [4.69, 9.17) is 8.92 Å². The minimum absolute atomic E-state index is 0.209. The van der Waals surface area contributed by atoms with Gasteiger partial charge in [0, 0.05) is 6.42 Å². The van der Waals surface area contributed by atoms with Crippen LogP contribution in [0.4, 0.5) is 0 Å². The SMILES string of the molecule is Cc1ccc(S(=O)(=O)O[C@H]2C[C@@H]3C[C@](C)(C2)Oc2ccccc23)cc1. The summed E-state index contributed by atoms with van der Waals surface area (Å²) < 4.78 is 37.0. The van der Waals surface area contributed by atoms with E-state index in [9.17, 15) is 8.42 Å². The van der Waals surface area contributed by atoms with Gasteiger partial charge in [-0.25, -0.2) is 0 Å². The van der Waals surface area contributed by atoms with E-state index in [1.807, 2.05) is 32.0 Å². The van der Waals surface area contributed by atoms with Crippen molar-refractivity contribution in [2.24, 2.45) is 0 Å². The Morgan fingerprint density at radius 1 is 1.08 bits per heavy atom. The first kappa shape index (κ1) is 16.6. The first-order valence-electron chi connectivity index (χ1n) is 8.63. The van der Waals surface area contributed by atoms with E-state index in [0.717, 1.165) is 23.3 Å². The highest BCUT2D eigenvalue weighted by Crippen LogP contribution is 2.49. The van der Waals surface area contributed by atoms with Crippen LogP contribution < -0.4 is 4.74 Å². The standard InChI is InChI=1S/C20H22O4S/c1-14-7-9-17(10-8-14)25(21,22)24-16-11-15-12-20(2,13-16)23-19-6-4-3-5-18(15)19/h3-10,15-16H,11-13H2,1-2H3/t15-,16+,20-/m1/s1. The predicted molar refractivity (Wildman–Crippen MR) is 95.3 cm³/mol. The molecule has 4 nitrogen and oxygen atoms in total. The molecule has 0 amide bonds. The van der Waals surface area contributed by atoms with Crippen LogP contribution in [0.3, 0.4) is 0 Å². The fourth-order valence-electron chi connectivity index (χ4n) is 4.08. The Labute approximate surface area is 148 Å². The average molecular weight is 358 g/mol. The number of ether oxygens (including phenoxy) is 1. The monoisotopic (exact) mass is 358 g/mol. The van der Waals surface area contributed by atoms with Crippen molar-refractivity contribution in [2.45, 2.75) is 55.6 Å². The van der Waals surface area contributed by atoms with Gasteiger partial charge >= 0.3 is 0 Å². The number of hydrogen-bond acceptors (Lipinski definition) is 4. The molecule has 0 N–H and O–H groups in total. The molecule has 25 heavy (non-hydrogen) atoms. The third-order valence-electron chi connectivity index (χ3n) is 5.17. The molecule has 2 aromatic carbocycles. The molecule has 0 unspecified atom stereocenters. The molecular formula is C20H22O4S. The molecule has 1 aliphatic carbocycles. The van der Waals surface area contributed by atoms with E-state index in [-0.39, 0.29) is 22.5 Å². The summed E-state index contributed by atoms with van der Waals surface area (Å²) in [5.74, 6) is 1.18. The van der Waals surface area contributed by atoms with Crippen molar-refractivity contribution in [1.82, 2.24) is 0 Å². The van der Waals surface area contributed by atoms with Gasteiger partial charge in [-0.05, 0) is 56.4 Å². The number of rotatable bonds is 3. The third-order valence-corrected chi connectivity index (χ3v) is 6.55. The Morgan fingerprint density at radius 3 is 2.56 bits per heavy atom. The molecule has 1 fully saturated rings. The van der Waals surface area contributed by atoms with E-state index in [2.05, 4.69) is 6.07 Å². The Kier molecular flexibility index (Phi) is 3.89. The summed E-state index contributed by atoms with van der Waals surface area (Å²) in [6.07, 6.45) is 1.79. The highest BCUT2D eigenvalue weighted by Gasteiger charge is 2.45. The van der Waals surface area contributed by atoms with Crippen molar-refractivity contribution in [1.29, 1.82) is 0 Å². The van der Waals surface area contributed by atoms with Crippen LogP contribution in [-0.2, 0) is 14.3 Å². The lowest BCUT2D eigenvalue weighted by Crippen LogP contribution is -2.47. The molecule has 0 saturated heterocycles. The molecular weight excluding hydrogens is 336 g/mol. The zero-order valence-corrected chi connectivity index (χ0v) is 15.3. The highest BCUT2D eigenvalue weighted by atomic mass is 32.2. The van der Waals surface area contributed by atoms with Gasteiger partial charge in [0.15, 0.2) is 0 Å². The lowest BCUT2D eigenvalue weighted by Gasteiger charge is -2.46. The molecule has 0 spiro atoms. The van der Waals surface area contributed by atoms with Crippen molar-refractivity contribution in [3.05, 3.63) is 59.7 Å². The van der Waals surface area contributed by atoms with Crippen LogP contribution in [0.15, 0.2) is 53.4 Å². The average Bonchev–Trinajstić information content (AvgIpc) is 2.53. The maximum absolute atomic E-state index is 12.6. The van der Waals surface area contributed by atoms with Crippen molar-refractivity contribution in [2.75, 3.05) is 0 Å². The second-order valence-corrected chi connectivity index (χ2v) is 8.99. The largest absolute Gasteiger partial charge is 0.487 e. The number of aryl methyl sites for hydroxylation is 1. The zero-order chi connectivity index (χ0) is 17.7. The molecule has 4 rings (SSSR count). The van der Waals surface area contributed by atoms with Crippen LogP contribution >= 0.6 is 0 Å². The molecule has 2 aliphatic rings. The molecule has 0 aromatic heterocycles. The fourth-order valence-corrected chi connectivity index (χ4v) is 5.17. The lowest BCUT2D eigenvalue weighted by molar-refractivity contribution is -0.0259. The number of benzene rings is 2. The minimum Gasteiger partial charge on any atom is -0.487 e. The smallest absolute Gasteiger partial charge is 0.297 e. The van der Waals surface area contributed by atoms with Gasteiger partial charge in [0.2, 0.25) is 0 Å². The Morgan fingerprint density at radius 2 is 1.80 bits per heavy atom. The predicted octanol–water partition coefficient (Wildman–Crippen LogP) is 4.19.